The first-order valence-corrected chi connectivity index (χ1v) is 9.18. The first-order valence-electron chi connectivity index (χ1n) is 9.18. The van der Waals surface area contributed by atoms with Crippen molar-refractivity contribution in [3.8, 4) is 22.8 Å². The molecule has 28 heavy (non-hydrogen) atoms. The Morgan fingerprint density at radius 1 is 0.929 bits per heavy atom. The molecule has 0 unspecified atom stereocenters. The van der Waals surface area contributed by atoms with Crippen molar-refractivity contribution in [3.05, 3.63) is 78.1 Å². The second kappa shape index (κ2) is 8.10. The van der Waals surface area contributed by atoms with Gasteiger partial charge in [-0.1, -0.05) is 18.2 Å². The SMILES string of the molecule is COc1ccc(-c2cccc3nc(Cc4ccc(OCCN)cc4)nn23)cc1. The summed E-state index contributed by atoms with van der Waals surface area (Å²) >= 11 is 0. The predicted octanol–water partition coefficient (Wildman–Crippen LogP) is 3.33. The van der Waals surface area contributed by atoms with Crippen molar-refractivity contribution in [1.29, 1.82) is 0 Å². The van der Waals surface area contributed by atoms with E-state index in [1.807, 2.05) is 71.2 Å². The average Bonchev–Trinajstić information content (AvgIpc) is 3.16. The van der Waals surface area contributed by atoms with E-state index in [-0.39, 0.29) is 0 Å². The number of fused-ring (bicyclic) bond motifs is 1. The van der Waals surface area contributed by atoms with E-state index in [2.05, 4.69) is 4.98 Å². The molecule has 0 bridgehead atoms. The summed E-state index contributed by atoms with van der Waals surface area (Å²) in [6, 6.07) is 21.9. The van der Waals surface area contributed by atoms with Crippen molar-refractivity contribution in [1.82, 2.24) is 14.6 Å². The number of methoxy groups -OCH3 is 1. The first kappa shape index (κ1) is 18.0. The van der Waals surface area contributed by atoms with Crippen LogP contribution in [0.15, 0.2) is 66.7 Å². The summed E-state index contributed by atoms with van der Waals surface area (Å²) in [6.45, 7) is 1.02. The van der Waals surface area contributed by atoms with Gasteiger partial charge in [-0.05, 0) is 54.1 Å². The Morgan fingerprint density at radius 2 is 1.68 bits per heavy atom. The van der Waals surface area contributed by atoms with Gasteiger partial charge >= 0.3 is 0 Å². The van der Waals surface area contributed by atoms with E-state index in [0.717, 1.165) is 39.8 Å². The minimum Gasteiger partial charge on any atom is -0.497 e. The molecule has 142 valence electrons. The van der Waals surface area contributed by atoms with Gasteiger partial charge in [0.15, 0.2) is 11.5 Å². The minimum absolute atomic E-state index is 0.503. The van der Waals surface area contributed by atoms with Crippen LogP contribution in [0.25, 0.3) is 16.9 Å². The molecule has 0 saturated heterocycles. The van der Waals surface area contributed by atoms with E-state index in [9.17, 15) is 0 Å². The summed E-state index contributed by atoms with van der Waals surface area (Å²) < 4.78 is 12.6. The van der Waals surface area contributed by atoms with Gasteiger partial charge in [-0.2, -0.15) is 5.10 Å². The van der Waals surface area contributed by atoms with Crippen LogP contribution >= 0.6 is 0 Å². The maximum absolute atomic E-state index is 5.52. The summed E-state index contributed by atoms with van der Waals surface area (Å²) in [7, 11) is 1.66. The van der Waals surface area contributed by atoms with Gasteiger partial charge in [0, 0.05) is 18.5 Å². The Balaban J connectivity index is 1.59. The van der Waals surface area contributed by atoms with Gasteiger partial charge in [0.1, 0.15) is 18.1 Å². The van der Waals surface area contributed by atoms with Crippen molar-refractivity contribution < 1.29 is 9.47 Å². The summed E-state index contributed by atoms with van der Waals surface area (Å²) in [5.74, 6) is 2.42. The topological polar surface area (TPSA) is 74.7 Å². The minimum atomic E-state index is 0.503. The summed E-state index contributed by atoms with van der Waals surface area (Å²) in [6.07, 6.45) is 0.654. The quantitative estimate of drug-likeness (QED) is 0.537. The second-order valence-electron chi connectivity index (χ2n) is 6.40. The first-order chi connectivity index (χ1) is 13.8. The largest absolute Gasteiger partial charge is 0.497 e. The van der Waals surface area contributed by atoms with Gasteiger partial charge in [-0.15, -0.1) is 0 Å². The molecule has 4 aromatic rings. The van der Waals surface area contributed by atoms with Crippen molar-refractivity contribution in [3.63, 3.8) is 0 Å². The lowest BCUT2D eigenvalue weighted by Gasteiger charge is -2.05. The van der Waals surface area contributed by atoms with Crippen molar-refractivity contribution in [2.24, 2.45) is 5.73 Å². The molecule has 0 aliphatic heterocycles. The van der Waals surface area contributed by atoms with E-state index in [1.54, 1.807) is 7.11 Å². The molecule has 2 aromatic carbocycles. The van der Waals surface area contributed by atoms with Crippen LogP contribution in [0, 0.1) is 0 Å². The van der Waals surface area contributed by atoms with Gasteiger partial charge in [0.05, 0.1) is 12.8 Å². The molecule has 0 atom stereocenters. The second-order valence-corrected chi connectivity index (χ2v) is 6.40. The number of nitrogens with two attached hydrogens (primary N) is 1. The maximum Gasteiger partial charge on any atom is 0.156 e. The van der Waals surface area contributed by atoms with Crippen LogP contribution in [0.5, 0.6) is 11.5 Å². The molecule has 6 heteroatoms. The fraction of sp³-hybridized carbons (Fsp3) is 0.182. The average molecular weight is 374 g/mol. The van der Waals surface area contributed by atoms with Crippen LogP contribution in [-0.2, 0) is 6.42 Å². The highest BCUT2D eigenvalue weighted by molar-refractivity contribution is 5.63. The number of rotatable bonds is 7. The monoisotopic (exact) mass is 374 g/mol. The molecular weight excluding hydrogens is 352 g/mol. The zero-order valence-corrected chi connectivity index (χ0v) is 15.7. The van der Waals surface area contributed by atoms with Crippen molar-refractivity contribution in [2.45, 2.75) is 6.42 Å². The number of hydrogen-bond donors (Lipinski definition) is 1. The molecule has 0 aliphatic rings. The zero-order valence-electron chi connectivity index (χ0n) is 15.7. The lowest BCUT2D eigenvalue weighted by molar-refractivity contribution is 0.328. The molecule has 0 saturated carbocycles. The van der Waals surface area contributed by atoms with Gasteiger partial charge < -0.3 is 15.2 Å². The Labute approximate surface area is 163 Å². The molecule has 0 spiro atoms. The van der Waals surface area contributed by atoms with Crippen LogP contribution in [0.3, 0.4) is 0 Å². The van der Waals surface area contributed by atoms with E-state index >= 15 is 0 Å². The van der Waals surface area contributed by atoms with E-state index in [1.165, 1.54) is 0 Å². The van der Waals surface area contributed by atoms with Crippen molar-refractivity contribution in [2.75, 3.05) is 20.3 Å². The maximum atomic E-state index is 5.52. The normalized spacial score (nSPS) is 10.9. The third-order valence-corrected chi connectivity index (χ3v) is 4.46. The van der Waals surface area contributed by atoms with Crippen molar-refractivity contribution >= 4 is 5.65 Å². The Bertz CT molecular complexity index is 1060. The molecule has 0 amide bonds. The fourth-order valence-electron chi connectivity index (χ4n) is 3.07. The third kappa shape index (κ3) is 3.82. The zero-order chi connectivity index (χ0) is 19.3. The molecule has 2 N–H and O–H groups in total. The lowest BCUT2D eigenvalue weighted by atomic mass is 10.1. The van der Waals surface area contributed by atoms with Gasteiger partial charge in [0.2, 0.25) is 0 Å². The highest BCUT2D eigenvalue weighted by Gasteiger charge is 2.10. The summed E-state index contributed by atoms with van der Waals surface area (Å²) in [4.78, 5) is 4.68. The molecule has 2 heterocycles. The van der Waals surface area contributed by atoms with Gasteiger partial charge in [0.25, 0.3) is 0 Å². The molecule has 0 fully saturated rings. The third-order valence-electron chi connectivity index (χ3n) is 4.46. The lowest BCUT2D eigenvalue weighted by Crippen LogP contribution is -2.10. The number of benzene rings is 2. The molecule has 2 aromatic heterocycles. The number of ether oxygens (including phenoxy) is 2. The fourth-order valence-corrected chi connectivity index (χ4v) is 3.07. The standard InChI is InChI=1S/C22H22N4O2/c1-27-18-11-7-17(8-12-18)20-3-2-4-22-24-21(25-26(20)22)15-16-5-9-19(10-6-16)28-14-13-23/h2-12H,13-15,23H2,1H3. The Kier molecular flexibility index (Phi) is 5.21. The highest BCUT2D eigenvalue weighted by atomic mass is 16.5. The molecule has 6 nitrogen and oxygen atoms in total. The van der Waals surface area contributed by atoms with E-state index in [4.69, 9.17) is 20.3 Å². The summed E-state index contributed by atoms with van der Waals surface area (Å²) in [5.41, 5.74) is 9.47. The number of pyridine rings is 1. The van der Waals surface area contributed by atoms with Crippen LogP contribution in [0.4, 0.5) is 0 Å². The Morgan fingerprint density at radius 3 is 2.39 bits per heavy atom. The van der Waals surface area contributed by atoms with Crippen LogP contribution in [0.1, 0.15) is 11.4 Å². The van der Waals surface area contributed by atoms with Gasteiger partial charge in [-0.3, -0.25) is 0 Å². The molecule has 0 radical (unpaired) electrons. The van der Waals surface area contributed by atoms with E-state index in [0.29, 0.717) is 19.6 Å². The van der Waals surface area contributed by atoms with Crippen LogP contribution in [0.2, 0.25) is 0 Å². The van der Waals surface area contributed by atoms with Crippen LogP contribution in [-0.4, -0.2) is 34.9 Å². The number of aromatic nitrogens is 3. The van der Waals surface area contributed by atoms with E-state index < -0.39 is 0 Å². The predicted molar refractivity (Wildman–Crippen MR) is 109 cm³/mol. The number of hydrogen-bond acceptors (Lipinski definition) is 5. The van der Waals surface area contributed by atoms with Gasteiger partial charge in [-0.25, -0.2) is 9.50 Å². The molecule has 4 rings (SSSR count). The highest BCUT2D eigenvalue weighted by Crippen LogP contribution is 2.23. The number of nitrogens with zero attached hydrogens (tertiary/aromatic N) is 3. The van der Waals surface area contributed by atoms with Crippen LogP contribution < -0.4 is 15.2 Å². The summed E-state index contributed by atoms with van der Waals surface area (Å²) in [5, 5.41) is 4.73. The molecule has 0 aliphatic carbocycles. The smallest absolute Gasteiger partial charge is 0.156 e. The Hall–Kier alpha value is -3.38. The molecular formula is C22H22N4O2.